The van der Waals surface area contributed by atoms with Gasteiger partial charge in [0.15, 0.2) is 0 Å². The van der Waals surface area contributed by atoms with E-state index in [1.165, 1.54) is 16.7 Å². The van der Waals surface area contributed by atoms with Gasteiger partial charge in [0.25, 0.3) is 0 Å². The summed E-state index contributed by atoms with van der Waals surface area (Å²) in [5.41, 5.74) is 4.06. The molecular formula is C24H32O3. The van der Waals surface area contributed by atoms with Crippen LogP contribution in [0.5, 0.6) is 0 Å². The van der Waals surface area contributed by atoms with Crippen molar-refractivity contribution < 1.29 is 15.3 Å². The highest BCUT2D eigenvalue weighted by molar-refractivity contribution is 5.51. The predicted molar refractivity (Wildman–Crippen MR) is 109 cm³/mol. The summed E-state index contributed by atoms with van der Waals surface area (Å²) in [5.74, 6) is 0. The minimum Gasteiger partial charge on any atom is -0.392 e. The maximum Gasteiger partial charge on any atom is 0.108 e. The Labute approximate surface area is 162 Å². The maximum absolute atomic E-state index is 11.0. The van der Waals surface area contributed by atoms with Crippen molar-refractivity contribution in [2.75, 3.05) is 6.61 Å². The molecule has 1 fully saturated rings. The van der Waals surface area contributed by atoms with Gasteiger partial charge in [-0.1, -0.05) is 53.6 Å². The molecule has 1 aromatic rings. The van der Waals surface area contributed by atoms with E-state index in [0.29, 0.717) is 5.57 Å². The van der Waals surface area contributed by atoms with Crippen LogP contribution in [0.2, 0.25) is 0 Å². The van der Waals surface area contributed by atoms with Crippen molar-refractivity contribution in [2.24, 2.45) is 5.41 Å². The van der Waals surface area contributed by atoms with Gasteiger partial charge in [-0.3, -0.25) is 0 Å². The maximum atomic E-state index is 11.0. The molecule has 2 atom stereocenters. The van der Waals surface area contributed by atoms with Crippen molar-refractivity contribution in [3.05, 3.63) is 70.3 Å². The van der Waals surface area contributed by atoms with E-state index in [2.05, 4.69) is 44.2 Å². The van der Waals surface area contributed by atoms with Crippen LogP contribution in [-0.4, -0.2) is 33.6 Å². The molecule has 3 nitrogen and oxygen atoms in total. The number of rotatable bonds is 6. The molecular weight excluding hydrogens is 336 g/mol. The molecule has 0 saturated heterocycles. The minimum absolute atomic E-state index is 0.136. The van der Waals surface area contributed by atoms with Gasteiger partial charge in [-0.25, -0.2) is 0 Å². The van der Waals surface area contributed by atoms with E-state index < -0.39 is 11.7 Å². The van der Waals surface area contributed by atoms with Gasteiger partial charge in [0.2, 0.25) is 0 Å². The number of hydrogen-bond donors (Lipinski definition) is 3. The third kappa shape index (κ3) is 3.69. The Morgan fingerprint density at radius 3 is 2.48 bits per heavy atom. The zero-order valence-electron chi connectivity index (χ0n) is 16.7. The van der Waals surface area contributed by atoms with Crippen LogP contribution in [0.15, 0.2) is 64.8 Å². The molecule has 2 aliphatic rings. The van der Waals surface area contributed by atoms with Crippen LogP contribution >= 0.6 is 0 Å². The molecule has 0 radical (unpaired) electrons. The molecule has 0 aliphatic heterocycles. The SMILES string of the molecule is CC1=C(C/C(C)=C/CCc2ccccc2)/C(=C/CO)[C@H](O)[C@](C)(O)C12CC2. The van der Waals surface area contributed by atoms with Gasteiger partial charge in [0.1, 0.15) is 11.7 Å². The van der Waals surface area contributed by atoms with Gasteiger partial charge in [-0.05, 0) is 69.6 Å². The van der Waals surface area contributed by atoms with Crippen molar-refractivity contribution in [1.29, 1.82) is 0 Å². The summed E-state index contributed by atoms with van der Waals surface area (Å²) >= 11 is 0. The average molecular weight is 369 g/mol. The van der Waals surface area contributed by atoms with E-state index in [4.69, 9.17) is 0 Å². The summed E-state index contributed by atoms with van der Waals surface area (Å²) < 4.78 is 0. The Morgan fingerprint density at radius 1 is 1.22 bits per heavy atom. The smallest absolute Gasteiger partial charge is 0.108 e. The molecule has 0 amide bonds. The summed E-state index contributed by atoms with van der Waals surface area (Å²) in [4.78, 5) is 0. The molecule has 1 aromatic carbocycles. The van der Waals surface area contributed by atoms with Gasteiger partial charge in [0.05, 0.1) is 6.61 Å². The normalized spacial score (nSPS) is 28.9. The second-order valence-electron chi connectivity index (χ2n) is 8.33. The Balaban J connectivity index is 1.80. The van der Waals surface area contributed by atoms with Crippen LogP contribution in [0, 0.1) is 5.41 Å². The van der Waals surface area contributed by atoms with E-state index in [1.54, 1.807) is 13.0 Å². The first-order valence-corrected chi connectivity index (χ1v) is 9.95. The molecule has 27 heavy (non-hydrogen) atoms. The Hall–Kier alpha value is -1.68. The molecule has 0 bridgehead atoms. The molecule has 1 saturated carbocycles. The summed E-state index contributed by atoms with van der Waals surface area (Å²) in [7, 11) is 0. The summed E-state index contributed by atoms with van der Waals surface area (Å²) in [5, 5.41) is 31.3. The fourth-order valence-corrected chi connectivity index (χ4v) is 4.67. The molecule has 3 rings (SSSR count). The lowest BCUT2D eigenvalue weighted by molar-refractivity contribution is -0.0896. The molecule has 0 heterocycles. The van der Waals surface area contributed by atoms with E-state index in [-0.39, 0.29) is 12.0 Å². The van der Waals surface area contributed by atoms with Crippen LogP contribution < -0.4 is 0 Å². The number of allylic oxidation sites excluding steroid dienone is 2. The minimum atomic E-state index is -1.17. The third-order valence-corrected chi connectivity index (χ3v) is 6.60. The van der Waals surface area contributed by atoms with Gasteiger partial charge >= 0.3 is 0 Å². The Kier molecular flexibility index (Phi) is 5.76. The highest BCUT2D eigenvalue weighted by Gasteiger charge is 2.63. The summed E-state index contributed by atoms with van der Waals surface area (Å²) in [6.45, 7) is 5.81. The van der Waals surface area contributed by atoms with Crippen LogP contribution in [-0.2, 0) is 6.42 Å². The molecule has 146 valence electrons. The van der Waals surface area contributed by atoms with Crippen LogP contribution in [0.4, 0.5) is 0 Å². The molecule has 0 aromatic heterocycles. The van der Waals surface area contributed by atoms with Crippen LogP contribution in [0.1, 0.15) is 52.0 Å². The van der Waals surface area contributed by atoms with E-state index in [9.17, 15) is 15.3 Å². The molecule has 1 spiro atoms. The fourth-order valence-electron chi connectivity index (χ4n) is 4.67. The Morgan fingerprint density at radius 2 is 1.89 bits per heavy atom. The van der Waals surface area contributed by atoms with E-state index >= 15 is 0 Å². The molecule has 3 N–H and O–H groups in total. The lowest BCUT2D eigenvalue weighted by Crippen LogP contribution is -2.52. The second-order valence-corrected chi connectivity index (χ2v) is 8.33. The topological polar surface area (TPSA) is 60.7 Å². The van der Waals surface area contributed by atoms with Crippen molar-refractivity contribution in [1.82, 2.24) is 0 Å². The fraction of sp³-hybridized carbons (Fsp3) is 0.500. The first-order valence-electron chi connectivity index (χ1n) is 9.95. The zero-order valence-corrected chi connectivity index (χ0v) is 16.7. The van der Waals surface area contributed by atoms with E-state index in [1.807, 2.05) is 6.07 Å². The van der Waals surface area contributed by atoms with Gasteiger partial charge in [0, 0.05) is 5.41 Å². The van der Waals surface area contributed by atoms with Crippen LogP contribution in [0.3, 0.4) is 0 Å². The lowest BCUT2D eigenvalue weighted by Gasteiger charge is -2.45. The number of hydrogen-bond acceptors (Lipinski definition) is 3. The molecule has 3 heteroatoms. The molecule has 2 aliphatic carbocycles. The number of aliphatic hydroxyl groups excluding tert-OH is 2. The van der Waals surface area contributed by atoms with Crippen molar-refractivity contribution in [3.63, 3.8) is 0 Å². The first kappa shape index (κ1) is 20.1. The van der Waals surface area contributed by atoms with Gasteiger partial charge in [-0.2, -0.15) is 0 Å². The van der Waals surface area contributed by atoms with Crippen molar-refractivity contribution in [3.8, 4) is 0 Å². The van der Waals surface area contributed by atoms with Crippen molar-refractivity contribution >= 4 is 0 Å². The summed E-state index contributed by atoms with van der Waals surface area (Å²) in [6, 6.07) is 10.5. The van der Waals surface area contributed by atoms with Crippen molar-refractivity contribution in [2.45, 2.75) is 64.6 Å². The quantitative estimate of drug-likeness (QED) is 0.663. The zero-order chi connectivity index (χ0) is 19.7. The average Bonchev–Trinajstić information content (AvgIpc) is 3.46. The summed E-state index contributed by atoms with van der Waals surface area (Å²) in [6.07, 6.45) is 7.53. The van der Waals surface area contributed by atoms with Crippen LogP contribution in [0.25, 0.3) is 0 Å². The Bertz CT molecular complexity index is 764. The highest BCUT2D eigenvalue weighted by atomic mass is 16.3. The van der Waals surface area contributed by atoms with Gasteiger partial charge < -0.3 is 15.3 Å². The number of aliphatic hydroxyl groups is 3. The third-order valence-electron chi connectivity index (χ3n) is 6.60. The standard InChI is InChI=1S/C24H32O3/c1-17(8-7-11-19-9-5-4-6-10-19)16-21-18(2)24(13-14-24)23(3,27)22(26)20(21)12-15-25/h4-6,8-10,12,22,25-27H,7,11,13-16H2,1-3H3/b17-8+,20-12-/t22-,23-/m0/s1. The number of benzene rings is 1. The largest absolute Gasteiger partial charge is 0.392 e. The predicted octanol–water partition coefficient (Wildman–Crippen LogP) is 4.10. The lowest BCUT2D eigenvalue weighted by atomic mass is 9.65. The second kappa shape index (κ2) is 7.75. The first-order chi connectivity index (χ1) is 12.8. The van der Waals surface area contributed by atoms with Gasteiger partial charge in [-0.15, -0.1) is 0 Å². The number of aryl methyl sites for hydroxylation is 1. The highest BCUT2D eigenvalue weighted by Crippen LogP contribution is 2.64. The monoisotopic (exact) mass is 368 g/mol. The molecule has 0 unspecified atom stereocenters. The van der Waals surface area contributed by atoms with E-state index in [0.717, 1.165) is 37.7 Å².